The normalized spacial score (nSPS) is 10.5. The van der Waals surface area contributed by atoms with Crippen molar-refractivity contribution in [2.75, 3.05) is 12.4 Å². The van der Waals surface area contributed by atoms with Crippen molar-refractivity contribution in [3.8, 4) is 17.2 Å². The van der Waals surface area contributed by atoms with Gasteiger partial charge >= 0.3 is 6.01 Å². The highest BCUT2D eigenvalue weighted by molar-refractivity contribution is 5.90. The number of ether oxygens (including phenoxy) is 1. The fraction of sp³-hybridized carbons (Fsp3) is 0.308. The van der Waals surface area contributed by atoms with Crippen molar-refractivity contribution >= 4 is 11.9 Å². The molecule has 6 nitrogen and oxygen atoms in total. The van der Waals surface area contributed by atoms with Crippen LogP contribution in [0, 0.1) is 5.92 Å². The molecule has 1 heterocycles. The molecule has 0 radical (unpaired) electrons. The monoisotopic (exact) mass is 261 g/mol. The maximum Gasteiger partial charge on any atom is 0.322 e. The number of hydrogen-bond acceptors (Lipinski definition) is 5. The molecule has 2 aromatic rings. The SMILES string of the molecule is COc1ccccc1-c1nnc(NC(=O)C(C)C)o1. The van der Waals surface area contributed by atoms with Crippen molar-refractivity contribution in [2.45, 2.75) is 13.8 Å². The number of anilines is 1. The van der Waals surface area contributed by atoms with Crippen LogP contribution in [0.15, 0.2) is 28.7 Å². The lowest BCUT2D eigenvalue weighted by Gasteiger charge is -2.04. The molecule has 0 unspecified atom stereocenters. The number of aromatic nitrogens is 2. The van der Waals surface area contributed by atoms with E-state index in [1.165, 1.54) is 0 Å². The van der Waals surface area contributed by atoms with E-state index in [4.69, 9.17) is 9.15 Å². The Balaban J connectivity index is 2.23. The van der Waals surface area contributed by atoms with Gasteiger partial charge in [-0.1, -0.05) is 31.1 Å². The molecule has 6 heteroatoms. The number of benzene rings is 1. The highest BCUT2D eigenvalue weighted by atomic mass is 16.5. The molecule has 100 valence electrons. The van der Waals surface area contributed by atoms with Crippen molar-refractivity contribution in [3.05, 3.63) is 24.3 Å². The Labute approximate surface area is 110 Å². The van der Waals surface area contributed by atoms with Crippen LogP contribution < -0.4 is 10.1 Å². The maximum atomic E-state index is 11.5. The van der Waals surface area contributed by atoms with E-state index in [2.05, 4.69) is 15.5 Å². The number of nitrogens with one attached hydrogen (secondary N) is 1. The molecule has 19 heavy (non-hydrogen) atoms. The molecule has 2 rings (SSSR count). The first-order valence-electron chi connectivity index (χ1n) is 5.89. The number of rotatable bonds is 4. The Bertz CT molecular complexity index is 578. The summed E-state index contributed by atoms with van der Waals surface area (Å²) in [6.07, 6.45) is 0. The van der Waals surface area contributed by atoms with E-state index in [9.17, 15) is 4.79 Å². The Kier molecular flexibility index (Phi) is 3.79. The Morgan fingerprint density at radius 3 is 2.74 bits per heavy atom. The third kappa shape index (κ3) is 2.90. The molecule has 0 spiro atoms. The Morgan fingerprint density at radius 1 is 1.32 bits per heavy atom. The van der Waals surface area contributed by atoms with Crippen LogP contribution in [0.4, 0.5) is 6.01 Å². The molecule has 1 aromatic carbocycles. The van der Waals surface area contributed by atoms with Gasteiger partial charge in [-0.3, -0.25) is 10.1 Å². The summed E-state index contributed by atoms with van der Waals surface area (Å²) in [5, 5.41) is 10.2. The van der Waals surface area contributed by atoms with Crippen molar-refractivity contribution in [1.29, 1.82) is 0 Å². The van der Waals surface area contributed by atoms with Crippen LogP contribution in [0.5, 0.6) is 5.75 Å². The lowest BCUT2D eigenvalue weighted by Crippen LogP contribution is -2.17. The van der Waals surface area contributed by atoms with Gasteiger partial charge in [0.1, 0.15) is 5.75 Å². The number of nitrogens with zero attached hydrogens (tertiary/aromatic N) is 2. The first-order chi connectivity index (χ1) is 9.11. The lowest BCUT2D eigenvalue weighted by molar-refractivity contribution is -0.119. The topological polar surface area (TPSA) is 77.3 Å². The molecule has 0 fully saturated rings. The highest BCUT2D eigenvalue weighted by Gasteiger charge is 2.15. The van der Waals surface area contributed by atoms with Crippen LogP contribution in [0.3, 0.4) is 0 Å². The summed E-state index contributed by atoms with van der Waals surface area (Å²) in [5.41, 5.74) is 0.683. The summed E-state index contributed by atoms with van der Waals surface area (Å²) in [4.78, 5) is 11.5. The summed E-state index contributed by atoms with van der Waals surface area (Å²) >= 11 is 0. The van der Waals surface area contributed by atoms with Gasteiger partial charge in [-0.05, 0) is 12.1 Å². The van der Waals surface area contributed by atoms with Gasteiger partial charge in [0.15, 0.2) is 0 Å². The lowest BCUT2D eigenvalue weighted by atomic mass is 10.2. The average molecular weight is 261 g/mol. The number of carbonyl (C=O) groups excluding carboxylic acids is 1. The Hall–Kier alpha value is -2.37. The molecule has 0 atom stereocenters. The number of para-hydroxylation sites is 1. The van der Waals surface area contributed by atoms with E-state index in [1.54, 1.807) is 33.1 Å². The van der Waals surface area contributed by atoms with E-state index in [1.807, 2.05) is 12.1 Å². The molecular formula is C13H15N3O3. The van der Waals surface area contributed by atoms with Crippen molar-refractivity contribution in [1.82, 2.24) is 10.2 Å². The number of carbonyl (C=O) groups is 1. The fourth-order valence-corrected chi connectivity index (χ4v) is 1.45. The zero-order valence-electron chi connectivity index (χ0n) is 11.0. The third-order valence-electron chi connectivity index (χ3n) is 2.52. The van der Waals surface area contributed by atoms with Crippen LogP contribution in [0.1, 0.15) is 13.8 Å². The molecule has 0 saturated heterocycles. The molecule has 0 aliphatic heterocycles. The zero-order chi connectivity index (χ0) is 13.8. The second-order valence-corrected chi connectivity index (χ2v) is 4.26. The van der Waals surface area contributed by atoms with E-state index in [0.717, 1.165) is 0 Å². The van der Waals surface area contributed by atoms with Gasteiger partial charge in [-0.25, -0.2) is 0 Å². The summed E-state index contributed by atoms with van der Waals surface area (Å²) in [7, 11) is 1.57. The largest absolute Gasteiger partial charge is 0.496 e. The van der Waals surface area contributed by atoms with Gasteiger partial charge in [0, 0.05) is 5.92 Å². The van der Waals surface area contributed by atoms with Crippen molar-refractivity contribution in [3.63, 3.8) is 0 Å². The van der Waals surface area contributed by atoms with Crippen LogP contribution in [-0.2, 0) is 4.79 Å². The Morgan fingerprint density at radius 2 is 2.05 bits per heavy atom. The smallest absolute Gasteiger partial charge is 0.322 e. The van der Waals surface area contributed by atoms with Gasteiger partial charge in [0.2, 0.25) is 5.91 Å². The van der Waals surface area contributed by atoms with E-state index >= 15 is 0 Å². The molecule has 1 amide bonds. The first kappa shape index (κ1) is 13.1. The standard InChI is InChI=1S/C13H15N3O3/c1-8(2)11(17)14-13-16-15-12(19-13)9-6-4-5-7-10(9)18-3/h4-8H,1-3H3,(H,14,16,17). The summed E-state index contributed by atoms with van der Waals surface area (Å²) in [5.74, 6) is 0.612. The van der Waals surface area contributed by atoms with Gasteiger partial charge in [-0.15, -0.1) is 5.10 Å². The summed E-state index contributed by atoms with van der Waals surface area (Å²) in [6, 6.07) is 7.38. The minimum absolute atomic E-state index is 0.0830. The third-order valence-corrected chi connectivity index (χ3v) is 2.52. The summed E-state index contributed by atoms with van der Waals surface area (Å²) in [6.45, 7) is 3.57. The molecular weight excluding hydrogens is 246 g/mol. The van der Waals surface area contributed by atoms with Crippen LogP contribution in [0.25, 0.3) is 11.5 Å². The highest BCUT2D eigenvalue weighted by Crippen LogP contribution is 2.29. The van der Waals surface area contributed by atoms with Gasteiger partial charge in [0.25, 0.3) is 5.89 Å². The minimum atomic E-state index is -0.171. The van der Waals surface area contributed by atoms with Gasteiger partial charge in [0.05, 0.1) is 12.7 Å². The predicted molar refractivity (Wildman–Crippen MR) is 69.8 cm³/mol. The molecule has 0 aliphatic carbocycles. The first-order valence-corrected chi connectivity index (χ1v) is 5.89. The summed E-state index contributed by atoms with van der Waals surface area (Å²) < 4.78 is 10.6. The predicted octanol–water partition coefficient (Wildman–Crippen LogP) is 2.34. The van der Waals surface area contributed by atoms with Gasteiger partial charge in [-0.2, -0.15) is 0 Å². The van der Waals surface area contributed by atoms with E-state index in [-0.39, 0.29) is 17.8 Å². The number of amides is 1. The number of hydrogen-bond donors (Lipinski definition) is 1. The number of methoxy groups -OCH3 is 1. The van der Waals surface area contributed by atoms with Gasteiger partial charge < -0.3 is 9.15 Å². The zero-order valence-corrected chi connectivity index (χ0v) is 11.0. The molecule has 1 N–H and O–H groups in total. The molecule has 0 bridgehead atoms. The van der Waals surface area contributed by atoms with E-state index < -0.39 is 0 Å². The second kappa shape index (κ2) is 5.51. The fourth-order valence-electron chi connectivity index (χ4n) is 1.45. The molecule has 1 aromatic heterocycles. The minimum Gasteiger partial charge on any atom is -0.496 e. The maximum absolute atomic E-state index is 11.5. The average Bonchev–Trinajstić information content (AvgIpc) is 2.86. The molecule has 0 saturated carbocycles. The quantitative estimate of drug-likeness (QED) is 0.914. The second-order valence-electron chi connectivity index (χ2n) is 4.26. The molecule has 0 aliphatic rings. The van der Waals surface area contributed by atoms with Crippen LogP contribution in [0.2, 0.25) is 0 Å². The van der Waals surface area contributed by atoms with Crippen molar-refractivity contribution in [2.24, 2.45) is 5.92 Å². The van der Waals surface area contributed by atoms with E-state index in [0.29, 0.717) is 17.2 Å². The van der Waals surface area contributed by atoms with Crippen LogP contribution in [-0.4, -0.2) is 23.2 Å². The van der Waals surface area contributed by atoms with Crippen molar-refractivity contribution < 1.29 is 13.9 Å². The van der Waals surface area contributed by atoms with Crippen LogP contribution >= 0.6 is 0 Å².